The molecule has 9 aromatic rings. The van der Waals surface area contributed by atoms with Crippen LogP contribution in [0.3, 0.4) is 0 Å². The fraction of sp³-hybridized carbons (Fsp3) is 0.172. The average Bonchev–Trinajstić information content (AvgIpc) is 3.59. The van der Waals surface area contributed by atoms with Gasteiger partial charge >= 0.3 is 276 Å². The number of rotatable bonds is 7. The first-order chi connectivity index (χ1) is 30.8. The molecule has 320 valence electrons. The third-order valence-electron chi connectivity index (χ3n) is 12.3. The van der Waals surface area contributed by atoms with E-state index in [4.69, 9.17) is 9.72 Å². The Labute approximate surface area is 387 Å². The number of nitrogens with zero attached hydrogens (tertiary/aromatic N) is 4. The van der Waals surface area contributed by atoms with E-state index in [2.05, 4.69) is 227 Å². The van der Waals surface area contributed by atoms with Crippen LogP contribution in [0.4, 0.5) is 11.5 Å². The molecule has 2 aromatic heterocycles. The van der Waals surface area contributed by atoms with Crippen molar-refractivity contribution in [2.45, 2.75) is 65.8 Å². The summed E-state index contributed by atoms with van der Waals surface area (Å²) in [6, 6.07) is 63.3. The Hall–Kier alpha value is -6.55. The van der Waals surface area contributed by atoms with Crippen LogP contribution < -0.4 is 9.64 Å². The van der Waals surface area contributed by atoms with Gasteiger partial charge in [-0.25, -0.2) is 0 Å². The predicted molar refractivity (Wildman–Crippen MR) is 259 cm³/mol. The quantitative estimate of drug-likeness (QED) is 0.149. The van der Waals surface area contributed by atoms with Gasteiger partial charge in [0.15, 0.2) is 0 Å². The summed E-state index contributed by atoms with van der Waals surface area (Å²) in [6.07, 6.45) is 2.00. The second kappa shape index (κ2) is 16.2. The standard InChI is InChI=1S/C58H50N4O.Pt/c1-39-29-56(59-36-52(39)41-19-12-9-13-20-41)60-37-43-30-42(40-17-10-8-11-18-40)25-27-50(43)51-28-26-49(35-55(51)60)63-48-22-16-21-46(34-48)61-38-62(54-24-15-14-23-53(54)61)47-32-44(57(2,3)4)31-45(33-47)58(5,6)7;/h8-33,36H,37H2,1-7H3;/q-2;. The van der Waals surface area contributed by atoms with Crippen LogP contribution in [-0.4, -0.2) is 14.1 Å². The zero-order chi connectivity index (χ0) is 44.3. The molecule has 0 unspecified atom stereocenters. The molecule has 6 heteroatoms. The van der Waals surface area contributed by atoms with E-state index >= 15 is 0 Å². The normalized spacial score (nSPS) is 12.6. The van der Waals surface area contributed by atoms with Crippen LogP contribution in [0.15, 0.2) is 164 Å². The number of hydrogen-bond donors (Lipinski definition) is 0. The Morgan fingerprint density at radius 3 is 1.86 bits per heavy atom. The number of benzene rings is 7. The number of hydrogen-bond acceptors (Lipinski definition) is 3. The summed E-state index contributed by atoms with van der Waals surface area (Å²) in [4.78, 5) is 7.37. The molecule has 0 bridgehead atoms. The molecular formula is C58H50N4OPt-2. The fourth-order valence-electron chi connectivity index (χ4n) is 8.74. The molecule has 0 saturated heterocycles. The van der Waals surface area contributed by atoms with Crippen molar-refractivity contribution in [1.29, 1.82) is 0 Å². The molecule has 0 atom stereocenters. The number of para-hydroxylation sites is 2. The first kappa shape index (κ1) is 41.5. The van der Waals surface area contributed by atoms with E-state index in [-0.39, 0.29) is 10.8 Å². The predicted octanol–water partition coefficient (Wildman–Crippen LogP) is 14.8. The summed E-state index contributed by atoms with van der Waals surface area (Å²) in [7, 11) is 0. The molecular weight excluding hydrogens is 964 g/mol. The van der Waals surface area contributed by atoms with Gasteiger partial charge < -0.3 is 0 Å². The Kier molecular flexibility index (Phi) is 10.5. The first-order valence-electron chi connectivity index (χ1n) is 21.9. The fourth-order valence-corrected chi connectivity index (χ4v) is 9.86. The maximum atomic E-state index is 6.73. The van der Waals surface area contributed by atoms with Crippen molar-refractivity contribution < 1.29 is 24.1 Å². The van der Waals surface area contributed by atoms with Gasteiger partial charge in [0.1, 0.15) is 0 Å². The zero-order valence-electron chi connectivity index (χ0n) is 37.3. The average molecular weight is 1010 g/mol. The van der Waals surface area contributed by atoms with Crippen molar-refractivity contribution in [3.8, 4) is 56.3 Å². The SMILES string of the molecule is Cc1cc(N2Cc3cc(-c4ccccc4)ccc3-c3ccc(Oc4[c-]c(-n5[c](=[Pt])n(-c6cc(C(C)(C)C)cc(C(C)(C)C)c6)c6ccccc65)ccc4)[c-]c32)ncc1-c1ccccc1. The number of ether oxygens (including phenoxy) is 1. The molecule has 0 amide bonds. The van der Waals surface area contributed by atoms with Gasteiger partial charge in [-0.1, -0.05) is 66.7 Å². The topological polar surface area (TPSA) is 35.2 Å². The van der Waals surface area contributed by atoms with Gasteiger partial charge in [0.25, 0.3) is 0 Å². The van der Waals surface area contributed by atoms with Crippen molar-refractivity contribution in [3.63, 3.8) is 0 Å². The van der Waals surface area contributed by atoms with Crippen LogP contribution in [0.1, 0.15) is 63.8 Å². The van der Waals surface area contributed by atoms with Crippen molar-refractivity contribution in [2.75, 3.05) is 4.90 Å². The van der Waals surface area contributed by atoms with E-state index in [1.807, 2.05) is 30.5 Å². The van der Waals surface area contributed by atoms with E-state index in [1.54, 1.807) is 0 Å². The molecule has 5 nitrogen and oxygen atoms in total. The number of aromatic nitrogens is 3. The Morgan fingerprint density at radius 1 is 0.562 bits per heavy atom. The van der Waals surface area contributed by atoms with Crippen LogP contribution in [0.5, 0.6) is 11.5 Å². The van der Waals surface area contributed by atoms with Crippen LogP contribution in [-0.2, 0) is 36.7 Å². The van der Waals surface area contributed by atoms with Gasteiger partial charge in [0.05, 0.1) is 0 Å². The summed E-state index contributed by atoms with van der Waals surface area (Å²) < 4.78 is 12.4. The minimum atomic E-state index is -0.0114. The van der Waals surface area contributed by atoms with Crippen molar-refractivity contribution in [3.05, 3.63) is 202 Å². The Balaban J connectivity index is 1.05. The zero-order valence-corrected chi connectivity index (χ0v) is 39.6. The number of imidazole rings is 1. The third kappa shape index (κ3) is 7.77. The van der Waals surface area contributed by atoms with Gasteiger partial charge in [0, 0.05) is 11.8 Å². The minimum Gasteiger partial charge on any atom is -0.0622 e. The van der Waals surface area contributed by atoms with E-state index in [0.29, 0.717) is 18.0 Å². The van der Waals surface area contributed by atoms with Crippen LogP contribution in [0.2, 0.25) is 0 Å². The summed E-state index contributed by atoms with van der Waals surface area (Å²) in [5.74, 6) is 2.08. The van der Waals surface area contributed by atoms with Crippen molar-refractivity contribution >= 4 is 22.5 Å². The third-order valence-corrected chi connectivity index (χ3v) is 13.3. The van der Waals surface area contributed by atoms with Crippen molar-refractivity contribution in [2.24, 2.45) is 0 Å². The summed E-state index contributed by atoms with van der Waals surface area (Å²) >= 11 is 2.47. The Bertz CT molecular complexity index is 3250. The van der Waals surface area contributed by atoms with E-state index in [9.17, 15) is 0 Å². The number of pyridine rings is 1. The summed E-state index contributed by atoms with van der Waals surface area (Å²) in [6.45, 7) is 16.5. The van der Waals surface area contributed by atoms with Gasteiger partial charge in [-0.05, 0) is 35.2 Å². The molecule has 64 heavy (non-hydrogen) atoms. The summed E-state index contributed by atoms with van der Waals surface area (Å²) in [5.41, 5.74) is 17.1. The second-order valence-corrected chi connectivity index (χ2v) is 19.8. The molecule has 7 aromatic carbocycles. The van der Waals surface area contributed by atoms with E-state index < -0.39 is 0 Å². The first-order valence-corrected chi connectivity index (χ1v) is 23.0. The molecule has 0 aliphatic carbocycles. The smallest absolute Gasteiger partial charge is 0.0622 e. The molecule has 10 rings (SSSR count). The molecule has 0 N–H and O–H groups in total. The second-order valence-electron chi connectivity index (χ2n) is 18.8. The van der Waals surface area contributed by atoms with Gasteiger partial charge in [-0.2, -0.15) is 0 Å². The molecule has 0 saturated carbocycles. The molecule has 3 heterocycles. The monoisotopic (exact) mass is 1010 g/mol. The van der Waals surface area contributed by atoms with E-state index in [1.165, 1.54) is 33.4 Å². The number of aryl methyl sites for hydroxylation is 1. The molecule has 1 aliphatic rings. The molecule has 0 fully saturated rings. The van der Waals surface area contributed by atoms with Gasteiger partial charge in [-0.15, -0.1) is 0 Å². The van der Waals surface area contributed by atoms with Crippen molar-refractivity contribution in [1.82, 2.24) is 14.1 Å². The minimum absolute atomic E-state index is 0.0114. The van der Waals surface area contributed by atoms with Gasteiger partial charge in [0.2, 0.25) is 0 Å². The number of anilines is 2. The number of fused-ring (bicyclic) bond motifs is 4. The molecule has 0 spiro atoms. The van der Waals surface area contributed by atoms with Crippen LogP contribution in [0, 0.1) is 22.9 Å². The molecule has 0 radical (unpaired) electrons. The van der Waals surface area contributed by atoms with Crippen LogP contribution >= 0.6 is 0 Å². The van der Waals surface area contributed by atoms with E-state index in [0.717, 1.165) is 60.0 Å². The molecule has 1 aliphatic heterocycles. The van der Waals surface area contributed by atoms with Gasteiger partial charge in [-0.3, -0.25) is 0 Å². The van der Waals surface area contributed by atoms with Crippen LogP contribution in [0.25, 0.3) is 55.8 Å². The maximum absolute atomic E-state index is 6.73. The summed E-state index contributed by atoms with van der Waals surface area (Å²) in [5, 5.41) is 0. The Morgan fingerprint density at radius 2 is 1.19 bits per heavy atom.